The van der Waals surface area contributed by atoms with Crippen LogP contribution >= 0.6 is 27.5 Å². The van der Waals surface area contributed by atoms with Gasteiger partial charge < -0.3 is 15.7 Å². The molecule has 7 heteroatoms. The molecule has 0 bridgehead atoms. The second kappa shape index (κ2) is 8.01. The third-order valence-electron chi connectivity index (χ3n) is 2.28. The Labute approximate surface area is 124 Å². The summed E-state index contributed by atoms with van der Waals surface area (Å²) >= 11 is 9.13. The molecule has 0 heterocycles. The van der Waals surface area contributed by atoms with Crippen LogP contribution < -0.4 is 10.6 Å². The van der Waals surface area contributed by atoms with Gasteiger partial charge in [-0.05, 0) is 47.0 Å². The molecule has 0 aromatic heterocycles. The number of nitrogens with one attached hydrogen (secondary N) is 2. The van der Waals surface area contributed by atoms with E-state index < -0.39 is 5.97 Å². The first-order valence-corrected chi connectivity index (χ1v) is 6.88. The van der Waals surface area contributed by atoms with Gasteiger partial charge in [0, 0.05) is 22.5 Å². The van der Waals surface area contributed by atoms with Crippen molar-refractivity contribution in [2.45, 2.75) is 19.3 Å². The third kappa shape index (κ3) is 6.45. The van der Waals surface area contributed by atoms with E-state index in [2.05, 4.69) is 26.6 Å². The molecule has 104 valence electrons. The molecule has 0 aliphatic carbocycles. The molecule has 0 saturated carbocycles. The lowest BCUT2D eigenvalue weighted by molar-refractivity contribution is -0.137. The number of unbranched alkanes of at least 4 members (excludes halogenated alkanes) is 1. The number of carboxylic acids is 1. The summed E-state index contributed by atoms with van der Waals surface area (Å²) in [6.45, 7) is 0.428. The van der Waals surface area contributed by atoms with Crippen LogP contribution in [0.4, 0.5) is 10.5 Å². The van der Waals surface area contributed by atoms with Crippen LogP contribution in [-0.4, -0.2) is 23.7 Å². The number of anilines is 1. The lowest BCUT2D eigenvalue weighted by Crippen LogP contribution is -2.29. The van der Waals surface area contributed by atoms with Crippen molar-refractivity contribution in [1.29, 1.82) is 0 Å². The summed E-state index contributed by atoms with van der Waals surface area (Å²) in [5, 5.41) is 14.3. The first-order chi connectivity index (χ1) is 8.99. The van der Waals surface area contributed by atoms with E-state index in [1.54, 1.807) is 18.2 Å². The van der Waals surface area contributed by atoms with Crippen molar-refractivity contribution in [3.05, 3.63) is 27.7 Å². The molecule has 19 heavy (non-hydrogen) atoms. The van der Waals surface area contributed by atoms with E-state index in [-0.39, 0.29) is 12.5 Å². The molecule has 0 aliphatic rings. The number of carbonyl (C=O) groups is 2. The fraction of sp³-hybridized carbons (Fsp3) is 0.333. The standard InChI is InChI=1S/C12H14BrClN2O3/c13-9-5-4-8(14)7-10(9)16-12(19)15-6-2-1-3-11(17)18/h4-5,7H,1-3,6H2,(H,17,18)(H2,15,16,19). The van der Waals surface area contributed by atoms with Crippen LogP contribution in [0.25, 0.3) is 0 Å². The Bertz CT molecular complexity index is 468. The molecular formula is C12H14BrClN2O3. The number of amides is 2. The van der Waals surface area contributed by atoms with Crippen LogP contribution in [0.2, 0.25) is 5.02 Å². The van der Waals surface area contributed by atoms with Crippen LogP contribution in [0.1, 0.15) is 19.3 Å². The van der Waals surface area contributed by atoms with Crippen LogP contribution in [-0.2, 0) is 4.79 Å². The van der Waals surface area contributed by atoms with Crippen LogP contribution in [0.5, 0.6) is 0 Å². The third-order valence-corrected chi connectivity index (χ3v) is 3.21. The monoisotopic (exact) mass is 348 g/mol. The highest BCUT2D eigenvalue weighted by atomic mass is 79.9. The number of halogens is 2. The van der Waals surface area contributed by atoms with Crippen LogP contribution in [0.15, 0.2) is 22.7 Å². The minimum absolute atomic E-state index is 0.114. The molecule has 0 saturated heterocycles. The van der Waals surface area contributed by atoms with E-state index in [0.29, 0.717) is 30.1 Å². The van der Waals surface area contributed by atoms with Gasteiger partial charge >= 0.3 is 12.0 Å². The van der Waals surface area contributed by atoms with Crippen molar-refractivity contribution in [2.24, 2.45) is 0 Å². The molecule has 0 fully saturated rings. The van der Waals surface area contributed by atoms with Gasteiger partial charge in [-0.1, -0.05) is 11.6 Å². The summed E-state index contributed by atoms with van der Waals surface area (Å²) in [7, 11) is 0. The van der Waals surface area contributed by atoms with E-state index in [1.807, 2.05) is 0 Å². The second-order valence-corrected chi connectivity index (χ2v) is 5.15. The molecule has 5 nitrogen and oxygen atoms in total. The zero-order valence-corrected chi connectivity index (χ0v) is 12.4. The summed E-state index contributed by atoms with van der Waals surface area (Å²) in [5.74, 6) is -0.827. The predicted molar refractivity (Wildman–Crippen MR) is 77.7 cm³/mol. The molecule has 0 radical (unpaired) electrons. The van der Waals surface area contributed by atoms with E-state index in [9.17, 15) is 9.59 Å². The molecule has 0 aliphatic heterocycles. The molecular weight excluding hydrogens is 336 g/mol. The largest absolute Gasteiger partial charge is 0.481 e. The first kappa shape index (κ1) is 15.8. The number of urea groups is 1. The van der Waals surface area contributed by atoms with E-state index >= 15 is 0 Å². The van der Waals surface area contributed by atoms with Crippen LogP contribution in [0, 0.1) is 0 Å². The van der Waals surface area contributed by atoms with Gasteiger partial charge in [-0.3, -0.25) is 4.79 Å². The Morgan fingerprint density at radius 1 is 1.32 bits per heavy atom. The SMILES string of the molecule is O=C(O)CCCCNC(=O)Nc1cc(Cl)ccc1Br. The summed E-state index contributed by atoms with van der Waals surface area (Å²) in [6.07, 6.45) is 1.27. The maximum atomic E-state index is 11.6. The van der Waals surface area contributed by atoms with E-state index in [0.717, 1.165) is 4.47 Å². The zero-order valence-electron chi connectivity index (χ0n) is 10.1. The predicted octanol–water partition coefficient (Wildman–Crippen LogP) is 3.48. The van der Waals surface area contributed by atoms with Crippen molar-refractivity contribution < 1.29 is 14.7 Å². The van der Waals surface area contributed by atoms with Gasteiger partial charge in [-0.2, -0.15) is 0 Å². The molecule has 0 spiro atoms. The van der Waals surface area contributed by atoms with Crippen molar-refractivity contribution in [1.82, 2.24) is 5.32 Å². The quantitative estimate of drug-likeness (QED) is 0.688. The number of aliphatic carboxylic acids is 1. The number of carbonyl (C=O) groups excluding carboxylic acids is 1. The number of carboxylic acid groups (broad SMARTS) is 1. The van der Waals surface area contributed by atoms with Gasteiger partial charge in [0.1, 0.15) is 0 Å². The Balaban J connectivity index is 2.31. The average Bonchev–Trinajstić information content (AvgIpc) is 2.33. The number of rotatable bonds is 6. The van der Waals surface area contributed by atoms with Crippen LogP contribution in [0.3, 0.4) is 0 Å². The number of benzene rings is 1. The topological polar surface area (TPSA) is 78.4 Å². The Morgan fingerprint density at radius 2 is 2.05 bits per heavy atom. The summed E-state index contributed by atoms with van der Waals surface area (Å²) in [6, 6.07) is 4.74. The highest BCUT2D eigenvalue weighted by Gasteiger charge is 2.05. The molecule has 1 aromatic carbocycles. The van der Waals surface area contributed by atoms with E-state index in [4.69, 9.17) is 16.7 Å². The average molecular weight is 350 g/mol. The van der Waals surface area contributed by atoms with Crippen molar-refractivity contribution in [3.63, 3.8) is 0 Å². The fourth-order valence-electron chi connectivity index (χ4n) is 1.36. The molecule has 0 unspecified atom stereocenters. The highest BCUT2D eigenvalue weighted by molar-refractivity contribution is 9.10. The van der Waals surface area contributed by atoms with Crippen molar-refractivity contribution in [2.75, 3.05) is 11.9 Å². The first-order valence-electron chi connectivity index (χ1n) is 5.70. The van der Waals surface area contributed by atoms with Crippen molar-refractivity contribution in [3.8, 4) is 0 Å². The van der Waals surface area contributed by atoms with Gasteiger partial charge in [0.05, 0.1) is 5.69 Å². The lowest BCUT2D eigenvalue weighted by Gasteiger charge is -2.09. The molecule has 1 aromatic rings. The van der Waals surface area contributed by atoms with Gasteiger partial charge in [-0.25, -0.2) is 4.79 Å². The van der Waals surface area contributed by atoms with E-state index in [1.165, 1.54) is 0 Å². The highest BCUT2D eigenvalue weighted by Crippen LogP contribution is 2.25. The number of hydrogen-bond acceptors (Lipinski definition) is 2. The molecule has 0 atom stereocenters. The Hall–Kier alpha value is -1.27. The summed E-state index contributed by atoms with van der Waals surface area (Å²) in [5.41, 5.74) is 0.579. The molecule has 2 amide bonds. The van der Waals surface area contributed by atoms with Gasteiger partial charge in [0.15, 0.2) is 0 Å². The van der Waals surface area contributed by atoms with Gasteiger partial charge in [-0.15, -0.1) is 0 Å². The maximum absolute atomic E-state index is 11.6. The normalized spacial score (nSPS) is 10.0. The second-order valence-electron chi connectivity index (χ2n) is 3.86. The number of hydrogen-bond donors (Lipinski definition) is 3. The van der Waals surface area contributed by atoms with Gasteiger partial charge in [0.2, 0.25) is 0 Å². The van der Waals surface area contributed by atoms with Gasteiger partial charge in [0.25, 0.3) is 0 Å². The minimum Gasteiger partial charge on any atom is -0.481 e. The molecule has 1 rings (SSSR count). The maximum Gasteiger partial charge on any atom is 0.319 e. The van der Waals surface area contributed by atoms with Crippen molar-refractivity contribution >= 4 is 45.2 Å². The Morgan fingerprint density at radius 3 is 2.74 bits per heavy atom. The molecule has 3 N–H and O–H groups in total. The minimum atomic E-state index is -0.827. The smallest absolute Gasteiger partial charge is 0.319 e. The lowest BCUT2D eigenvalue weighted by atomic mass is 10.2. The summed E-state index contributed by atoms with van der Waals surface area (Å²) < 4.78 is 0.734. The summed E-state index contributed by atoms with van der Waals surface area (Å²) in [4.78, 5) is 21.9. The zero-order chi connectivity index (χ0) is 14.3. The Kier molecular flexibility index (Phi) is 6.66. The fourth-order valence-corrected chi connectivity index (χ4v) is 1.88.